The van der Waals surface area contributed by atoms with Gasteiger partial charge in [-0.15, -0.1) is 0 Å². The summed E-state index contributed by atoms with van der Waals surface area (Å²) in [7, 11) is 0. The normalized spacial score (nSPS) is 25.0. The van der Waals surface area contributed by atoms with E-state index in [-0.39, 0.29) is 5.91 Å². The summed E-state index contributed by atoms with van der Waals surface area (Å²) in [5.41, 5.74) is 0. The van der Waals surface area contributed by atoms with E-state index in [1.54, 1.807) is 6.92 Å². The van der Waals surface area contributed by atoms with Crippen molar-refractivity contribution >= 4 is 11.9 Å². The lowest BCUT2D eigenvalue weighted by molar-refractivity contribution is -0.148. The monoisotopic (exact) mass is 215 g/mol. The van der Waals surface area contributed by atoms with Gasteiger partial charge in [0.15, 0.2) is 0 Å². The van der Waals surface area contributed by atoms with Crippen LogP contribution in [0.3, 0.4) is 0 Å². The Morgan fingerprint density at radius 2 is 1.93 bits per heavy atom. The van der Waals surface area contributed by atoms with Crippen LogP contribution in [0.25, 0.3) is 0 Å². The highest BCUT2D eigenvalue weighted by atomic mass is 16.4. The number of likely N-dealkylation sites (tertiary alicyclic amines) is 1. The van der Waals surface area contributed by atoms with Crippen LogP contribution in [0.4, 0.5) is 0 Å². The lowest BCUT2D eigenvalue weighted by atomic mass is 9.95. The summed E-state index contributed by atoms with van der Waals surface area (Å²) in [6, 6.07) is 0. The standard InChI is InChI=1S/C10H17NO4/c1-6(7(2)10(14)15)9(13)11-4-3-8(12)5-11/h6-8,12H,3-5H2,1-2H3,(H,14,15). The minimum atomic E-state index is -0.962. The highest BCUT2D eigenvalue weighted by Gasteiger charge is 2.32. The first-order chi connectivity index (χ1) is 6.93. The number of aliphatic carboxylic acids is 1. The Labute approximate surface area is 88.7 Å². The van der Waals surface area contributed by atoms with Gasteiger partial charge in [-0.05, 0) is 6.42 Å². The lowest BCUT2D eigenvalue weighted by Crippen LogP contribution is -2.38. The molecule has 0 saturated carbocycles. The van der Waals surface area contributed by atoms with Gasteiger partial charge in [0.2, 0.25) is 5.91 Å². The number of carbonyl (C=O) groups is 2. The molecule has 1 rings (SSSR count). The summed E-state index contributed by atoms with van der Waals surface area (Å²) >= 11 is 0. The van der Waals surface area contributed by atoms with Gasteiger partial charge < -0.3 is 15.1 Å². The molecule has 0 aromatic carbocycles. The van der Waals surface area contributed by atoms with Crippen molar-refractivity contribution in [3.8, 4) is 0 Å². The van der Waals surface area contributed by atoms with Gasteiger partial charge in [0, 0.05) is 19.0 Å². The number of hydrogen-bond donors (Lipinski definition) is 2. The molecule has 0 aromatic heterocycles. The second-order valence-corrected chi connectivity index (χ2v) is 4.14. The molecule has 0 aliphatic carbocycles. The van der Waals surface area contributed by atoms with E-state index in [0.29, 0.717) is 19.5 Å². The number of nitrogens with zero attached hydrogens (tertiary/aromatic N) is 1. The van der Waals surface area contributed by atoms with Crippen LogP contribution < -0.4 is 0 Å². The van der Waals surface area contributed by atoms with Crippen LogP contribution in [-0.2, 0) is 9.59 Å². The van der Waals surface area contributed by atoms with E-state index in [1.807, 2.05) is 0 Å². The molecular weight excluding hydrogens is 198 g/mol. The van der Waals surface area contributed by atoms with Crippen LogP contribution in [0.15, 0.2) is 0 Å². The predicted molar refractivity (Wildman–Crippen MR) is 53.2 cm³/mol. The van der Waals surface area contributed by atoms with Crippen molar-refractivity contribution in [3.63, 3.8) is 0 Å². The number of carboxylic acids is 1. The zero-order chi connectivity index (χ0) is 11.6. The Morgan fingerprint density at radius 1 is 1.33 bits per heavy atom. The Morgan fingerprint density at radius 3 is 2.33 bits per heavy atom. The van der Waals surface area contributed by atoms with E-state index in [4.69, 9.17) is 5.11 Å². The number of aliphatic hydroxyl groups excluding tert-OH is 1. The van der Waals surface area contributed by atoms with Crippen molar-refractivity contribution in [1.29, 1.82) is 0 Å². The summed E-state index contributed by atoms with van der Waals surface area (Å²) in [6.07, 6.45) is 0.126. The summed E-state index contributed by atoms with van der Waals surface area (Å²) in [6.45, 7) is 4.00. The van der Waals surface area contributed by atoms with Gasteiger partial charge in [-0.2, -0.15) is 0 Å². The zero-order valence-corrected chi connectivity index (χ0v) is 9.01. The van der Waals surface area contributed by atoms with Crippen LogP contribution in [0.5, 0.6) is 0 Å². The van der Waals surface area contributed by atoms with Gasteiger partial charge in [-0.3, -0.25) is 9.59 Å². The SMILES string of the molecule is CC(C(=O)O)C(C)C(=O)N1CCC(O)C1. The second kappa shape index (κ2) is 4.61. The average Bonchev–Trinajstić information content (AvgIpc) is 2.61. The van der Waals surface area contributed by atoms with E-state index >= 15 is 0 Å². The first kappa shape index (κ1) is 12.0. The lowest BCUT2D eigenvalue weighted by Gasteiger charge is -2.22. The molecule has 3 unspecified atom stereocenters. The molecule has 3 atom stereocenters. The molecule has 0 aromatic rings. The zero-order valence-electron chi connectivity index (χ0n) is 9.01. The summed E-state index contributed by atoms with van der Waals surface area (Å²) < 4.78 is 0. The molecule has 15 heavy (non-hydrogen) atoms. The quantitative estimate of drug-likeness (QED) is 0.691. The molecule has 0 bridgehead atoms. The fourth-order valence-corrected chi connectivity index (χ4v) is 1.66. The number of amides is 1. The summed E-state index contributed by atoms with van der Waals surface area (Å²) in [4.78, 5) is 24.0. The van der Waals surface area contributed by atoms with E-state index < -0.39 is 23.9 Å². The van der Waals surface area contributed by atoms with Gasteiger partial charge in [0.25, 0.3) is 0 Å². The Hall–Kier alpha value is -1.10. The molecule has 0 spiro atoms. The summed E-state index contributed by atoms with van der Waals surface area (Å²) in [5, 5.41) is 18.0. The van der Waals surface area contributed by atoms with Gasteiger partial charge in [-0.1, -0.05) is 13.8 Å². The molecule has 1 aliphatic heterocycles. The highest BCUT2D eigenvalue weighted by molar-refractivity contribution is 5.84. The van der Waals surface area contributed by atoms with Crippen molar-refractivity contribution in [2.24, 2.45) is 11.8 Å². The molecule has 1 fully saturated rings. The number of carbonyl (C=O) groups excluding carboxylic acids is 1. The first-order valence-electron chi connectivity index (χ1n) is 5.13. The van der Waals surface area contributed by atoms with Gasteiger partial charge in [0.05, 0.1) is 12.0 Å². The first-order valence-corrected chi connectivity index (χ1v) is 5.13. The molecular formula is C10H17NO4. The minimum Gasteiger partial charge on any atom is -0.481 e. The number of rotatable bonds is 3. The third kappa shape index (κ3) is 2.68. The molecule has 1 amide bonds. The van der Waals surface area contributed by atoms with Crippen LogP contribution >= 0.6 is 0 Å². The van der Waals surface area contributed by atoms with Crippen molar-refractivity contribution in [2.45, 2.75) is 26.4 Å². The number of β-amino-alcohol motifs (C(OH)–C–C–N with tert-alkyl or cyclic N) is 1. The van der Waals surface area contributed by atoms with Crippen molar-refractivity contribution in [3.05, 3.63) is 0 Å². The van der Waals surface area contributed by atoms with Gasteiger partial charge in [-0.25, -0.2) is 0 Å². The van der Waals surface area contributed by atoms with Crippen molar-refractivity contribution < 1.29 is 19.8 Å². The minimum absolute atomic E-state index is 0.179. The maximum absolute atomic E-state index is 11.8. The molecule has 1 heterocycles. The van der Waals surface area contributed by atoms with Crippen molar-refractivity contribution in [2.75, 3.05) is 13.1 Å². The average molecular weight is 215 g/mol. The topological polar surface area (TPSA) is 77.8 Å². The smallest absolute Gasteiger partial charge is 0.307 e. The molecule has 86 valence electrons. The third-order valence-corrected chi connectivity index (χ3v) is 3.00. The Bertz CT molecular complexity index is 266. The fraction of sp³-hybridized carbons (Fsp3) is 0.800. The molecule has 1 aliphatic rings. The summed E-state index contributed by atoms with van der Waals surface area (Å²) in [5.74, 6) is -2.36. The Balaban J connectivity index is 2.56. The van der Waals surface area contributed by atoms with Crippen molar-refractivity contribution in [1.82, 2.24) is 4.90 Å². The van der Waals surface area contributed by atoms with Gasteiger partial charge in [0.1, 0.15) is 0 Å². The Kier molecular flexibility index (Phi) is 3.68. The van der Waals surface area contributed by atoms with Crippen LogP contribution in [0, 0.1) is 11.8 Å². The predicted octanol–water partition coefficient (Wildman–Crippen LogP) is -0.0636. The molecule has 0 radical (unpaired) electrons. The molecule has 2 N–H and O–H groups in total. The molecule has 5 nitrogen and oxygen atoms in total. The number of carboxylic acid groups (broad SMARTS) is 1. The second-order valence-electron chi connectivity index (χ2n) is 4.14. The highest BCUT2D eigenvalue weighted by Crippen LogP contribution is 2.18. The van der Waals surface area contributed by atoms with E-state index in [9.17, 15) is 14.7 Å². The van der Waals surface area contributed by atoms with E-state index in [1.165, 1.54) is 11.8 Å². The third-order valence-electron chi connectivity index (χ3n) is 3.00. The fourth-order valence-electron chi connectivity index (χ4n) is 1.66. The maximum atomic E-state index is 11.8. The number of hydrogen-bond acceptors (Lipinski definition) is 3. The van der Waals surface area contributed by atoms with Crippen LogP contribution in [0.1, 0.15) is 20.3 Å². The van der Waals surface area contributed by atoms with Crippen LogP contribution in [0.2, 0.25) is 0 Å². The largest absolute Gasteiger partial charge is 0.481 e. The van der Waals surface area contributed by atoms with Gasteiger partial charge >= 0.3 is 5.97 Å². The molecule has 1 saturated heterocycles. The maximum Gasteiger partial charge on any atom is 0.307 e. The molecule has 5 heteroatoms. The van der Waals surface area contributed by atoms with E-state index in [2.05, 4.69) is 0 Å². The van der Waals surface area contributed by atoms with E-state index in [0.717, 1.165) is 0 Å². The number of aliphatic hydroxyl groups is 1. The van der Waals surface area contributed by atoms with Crippen LogP contribution in [-0.4, -0.2) is 46.2 Å².